The second-order valence-electron chi connectivity index (χ2n) is 13.2. The van der Waals surface area contributed by atoms with Gasteiger partial charge in [0.2, 0.25) is 0 Å². The van der Waals surface area contributed by atoms with Crippen molar-refractivity contribution in [3.05, 3.63) is 80.2 Å². The van der Waals surface area contributed by atoms with Crippen molar-refractivity contribution in [2.75, 3.05) is 0 Å². The zero-order chi connectivity index (χ0) is 30.7. The van der Waals surface area contributed by atoms with Crippen LogP contribution in [0, 0.1) is 23.7 Å². The fourth-order valence-corrected chi connectivity index (χ4v) is 29.6. The van der Waals surface area contributed by atoms with E-state index in [1.807, 2.05) is 0 Å². The van der Waals surface area contributed by atoms with Crippen LogP contribution in [0.5, 0.6) is 0 Å². The van der Waals surface area contributed by atoms with E-state index in [-0.39, 0.29) is 24.8 Å². The summed E-state index contributed by atoms with van der Waals surface area (Å²) in [5.41, 5.74) is 18.7. The van der Waals surface area contributed by atoms with Gasteiger partial charge in [-0.1, -0.05) is 0 Å². The monoisotopic (exact) mass is 944 g/mol. The molecule has 0 saturated heterocycles. The van der Waals surface area contributed by atoms with Crippen molar-refractivity contribution >= 4 is 33.3 Å². The molecule has 4 heteroatoms. The van der Waals surface area contributed by atoms with Gasteiger partial charge in [-0.2, -0.15) is 0 Å². The van der Waals surface area contributed by atoms with E-state index in [0.717, 1.165) is 0 Å². The van der Waals surface area contributed by atoms with E-state index in [0.29, 0.717) is 23.7 Å². The molecule has 0 aliphatic heterocycles. The van der Waals surface area contributed by atoms with E-state index < -0.39 is 41.9 Å². The second kappa shape index (κ2) is 15.0. The topological polar surface area (TPSA) is 0 Å². The van der Waals surface area contributed by atoms with Gasteiger partial charge >= 0.3 is 265 Å². The van der Waals surface area contributed by atoms with Gasteiger partial charge in [-0.05, 0) is 0 Å². The van der Waals surface area contributed by atoms with Gasteiger partial charge in [0.05, 0.1) is 0 Å². The van der Waals surface area contributed by atoms with E-state index in [9.17, 15) is 0 Å². The fraction of sp³-hybridized carbons (Fsp3) is 0.526. The van der Waals surface area contributed by atoms with Crippen molar-refractivity contribution in [1.29, 1.82) is 0 Å². The Balaban J connectivity index is 0.000000401. The third-order valence-corrected chi connectivity index (χ3v) is 32.8. The molecule has 0 saturated carbocycles. The summed E-state index contributed by atoms with van der Waals surface area (Å²) < 4.78 is 16.6. The molecule has 0 spiro atoms. The van der Waals surface area contributed by atoms with Crippen LogP contribution in [0.2, 0.25) is 0 Å². The summed E-state index contributed by atoms with van der Waals surface area (Å²) in [6, 6.07) is 0. The Labute approximate surface area is 287 Å². The van der Waals surface area contributed by atoms with Crippen LogP contribution in [-0.4, -0.2) is 8.52 Å². The van der Waals surface area contributed by atoms with Crippen molar-refractivity contribution in [1.82, 2.24) is 0 Å². The van der Waals surface area contributed by atoms with Crippen LogP contribution in [0.1, 0.15) is 111 Å². The number of hydrogen-bond acceptors (Lipinski definition) is 0. The molecule has 4 aliphatic rings. The summed E-state index contributed by atoms with van der Waals surface area (Å²) in [5, 5.41) is 0. The molecule has 0 aromatic carbocycles. The molecule has 0 nitrogen and oxygen atoms in total. The molecule has 0 fully saturated rings. The van der Waals surface area contributed by atoms with Gasteiger partial charge in [-0.15, -0.1) is 24.8 Å². The normalized spacial score (nSPS) is 26.1. The molecule has 232 valence electrons. The van der Waals surface area contributed by atoms with Crippen LogP contribution in [0.3, 0.4) is 0 Å². The van der Waals surface area contributed by atoms with Gasteiger partial charge in [-0.3, -0.25) is 0 Å². The molecule has 0 aromatic heterocycles. The molecule has 0 N–H and O–H groups in total. The van der Waals surface area contributed by atoms with Crippen molar-refractivity contribution < 1.29 is 41.9 Å². The predicted molar refractivity (Wildman–Crippen MR) is 190 cm³/mol. The number of allylic oxidation sites excluding steroid dienone is 16. The summed E-state index contributed by atoms with van der Waals surface area (Å²) in [6.45, 7) is 37.3. The van der Waals surface area contributed by atoms with Crippen LogP contribution in [0.4, 0.5) is 0 Å². The average molecular weight is 943 g/mol. The molecule has 0 aromatic rings. The Morgan fingerprint density at radius 2 is 0.476 bits per heavy atom. The summed E-state index contributed by atoms with van der Waals surface area (Å²) in [7, 11) is 0. The van der Waals surface area contributed by atoms with E-state index in [1.165, 1.54) is 22.3 Å². The van der Waals surface area contributed by atoms with Crippen LogP contribution in [0.15, 0.2) is 80.2 Å². The van der Waals surface area contributed by atoms with Gasteiger partial charge in [-0.25, -0.2) is 0 Å². The fourth-order valence-electron chi connectivity index (χ4n) is 7.70. The maximum atomic E-state index is 4.79. The van der Waals surface area contributed by atoms with Gasteiger partial charge < -0.3 is 0 Å². The zero-order valence-electron chi connectivity index (χ0n) is 29.5. The van der Waals surface area contributed by atoms with Gasteiger partial charge in [0.15, 0.2) is 0 Å². The molecule has 0 amide bonds. The number of halogens is 2. The molecule has 0 radical (unpaired) electrons. The molecule has 4 atom stereocenters. The van der Waals surface area contributed by atoms with Gasteiger partial charge in [0.25, 0.3) is 0 Å². The summed E-state index contributed by atoms with van der Waals surface area (Å²) >= 11 is -4.22. The Morgan fingerprint density at radius 3 is 0.571 bits per heavy atom. The first-order valence-electron chi connectivity index (χ1n) is 15.3. The molecule has 4 rings (SSSR count). The maximum absolute atomic E-state index is 4.79. The molecular weight excluding hydrogens is 884 g/mol. The first-order chi connectivity index (χ1) is 18.4. The molecular formula is C38H58Cl2Hf2. The molecule has 42 heavy (non-hydrogen) atoms. The molecule has 0 heterocycles. The quantitative estimate of drug-likeness (QED) is 0.246. The van der Waals surface area contributed by atoms with Gasteiger partial charge in [0.1, 0.15) is 0 Å². The predicted octanol–water partition coefficient (Wildman–Crippen LogP) is 12.0. The van der Waals surface area contributed by atoms with Crippen molar-refractivity contribution in [3.8, 4) is 0 Å². The van der Waals surface area contributed by atoms with Crippen molar-refractivity contribution in [2.45, 2.75) is 111 Å². The SMILES string of the molecule is Cl.Cl.[CH2]=[Hf]([C]1=C(C)C(C)=C(C)C1C)[C]1=C(C)C(C)=C(C)C1C.[CH2]=[Hf]([C]1=C(C)C(C)=C(C)C1C)[C]1=C(C)C(C)=C(C)C1C. The van der Waals surface area contributed by atoms with E-state index >= 15 is 0 Å². The van der Waals surface area contributed by atoms with Crippen LogP contribution < -0.4 is 0 Å². The second-order valence-corrected chi connectivity index (χ2v) is 27.8. The van der Waals surface area contributed by atoms with E-state index in [1.54, 1.807) is 57.9 Å². The Kier molecular flexibility index (Phi) is 14.3. The Hall–Kier alpha value is -0.0197. The Morgan fingerprint density at radius 1 is 0.333 bits per heavy atom. The molecule has 0 bridgehead atoms. The van der Waals surface area contributed by atoms with E-state index in [2.05, 4.69) is 111 Å². The minimum atomic E-state index is -2.11. The molecule has 4 aliphatic carbocycles. The van der Waals surface area contributed by atoms with Crippen LogP contribution >= 0.6 is 24.8 Å². The number of hydrogen-bond donors (Lipinski definition) is 0. The third-order valence-electron chi connectivity index (χ3n) is 11.9. The van der Waals surface area contributed by atoms with Crippen molar-refractivity contribution in [3.63, 3.8) is 0 Å². The van der Waals surface area contributed by atoms with Crippen molar-refractivity contribution in [2.24, 2.45) is 23.7 Å². The number of rotatable bonds is 4. The van der Waals surface area contributed by atoms with Gasteiger partial charge in [0, 0.05) is 0 Å². The average Bonchev–Trinajstić information content (AvgIpc) is 3.40. The van der Waals surface area contributed by atoms with Crippen LogP contribution in [-0.2, 0) is 41.9 Å². The summed E-state index contributed by atoms with van der Waals surface area (Å²) in [5.74, 6) is 2.57. The summed E-state index contributed by atoms with van der Waals surface area (Å²) in [4.78, 5) is 0. The zero-order valence-corrected chi connectivity index (χ0v) is 38.4. The van der Waals surface area contributed by atoms with E-state index in [4.69, 9.17) is 8.52 Å². The first-order valence-corrected chi connectivity index (χ1v) is 27.6. The minimum absolute atomic E-state index is 0. The standard InChI is InChI=1S/4C9H13.2CH2.2ClH.2Hf/c4*1-6-5-7(2)9(4)8(6)3;;;;;;/h4*6H,1-4H3;2*1H2;2*1H;;. The first kappa shape index (κ1) is 40.0. The third kappa shape index (κ3) is 6.59. The molecule has 4 unspecified atom stereocenters. The Bertz CT molecular complexity index is 1260. The van der Waals surface area contributed by atoms with Crippen LogP contribution in [0.25, 0.3) is 0 Å². The summed E-state index contributed by atoms with van der Waals surface area (Å²) in [6.07, 6.45) is 0.